The summed E-state index contributed by atoms with van der Waals surface area (Å²) in [5.74, 6) is 0.451. The minimum atomic E-state index is -0.573. The van der Waals surface area contributed by atoms with E-state index in [0.29, 0.717) is 13.2 Å². The van der Waals surface area contributed by atoms with Crippen molar-refractivity contribution in [2.45, 2.75) is 17.4 Å². The Morgan fingerprint density at radius 2 is 1.90 bits per heavy atom. The van der Waals surface area contributed by atoms with Gasteiger partial charge in [0, 0.05) is 13.0 Å². The van der Waals surface area contributed by atoms with Crippen molar-refractivity contribution in [2.24, 2.45) is 5.41 Å². The minimum Gasteiger partial charge on any atom is -0.379 e. The Balaban J connectivity index is 1.93. The highest BCUT2D eigenvalue weighted by atomic mass is 16.5. The highest BCUT2D eigenvalue weighted by molar-refractivity contribution is 5.91. The number of carbonyl (C=O) groups excluding carboxylic acids is 1. The SMILES string of the molecule is CN1C(=O)C23C=C[C@@H]1[C@@H]1C=CC2(COC3)c2ccccc21. The maximum absolute atomic E-state index is 13.1. The number of ether oxygens (including phenoxy) is 1. The van der Waals surface area contributed by atoms with Crippen molar-refractivity contribution in [1.82, 2.24) is 4.90 Å². The van der Waals surface area contributed by atoms with E-state index in [1.165, 1.54) is 11.1 Å². The van der Waals surface area contributed by atoms with E-state index in [0.717, 1.165) is 0 Å². The van der Waals surface area contributed by atoms with E-state index >= 15 is 0 Å². The summed E-state index contributed by atoms with van der Waals surface area (Å²) in [6.45, 7) is 1.06. The Hall–Kier alpha value is -1.87. The molecule has 4 aliphatic heterocycles. The van der Waals surface area contributed by atoms with E-state index in [1.807, 2.05) is 11.9 Å². The van der Waals surface area contributed by atoms with Crippen molar-refractivity contribution < 1.29 is 9.53 Å². The van der Waals surface area contributed by atoms with Crippen LogP contribution in [-0.2, 0) is 14.9 Å². The van der Waals surface area contributed by atoms with Crippen LogP contribution in [-0.4, -0.2) is 37.1 Å². The average molecular weight is 279 g/mol. The van der Waals surface area contributed by atoms with Crippen LogP contribution in [0.15, 0.2) is 48.6 Å². The van der Waals surface area contributed by atoms with Crippen LogP contribution in [0.4, 0.5) is 0 Å². The Morgan fingerprint density at radius 1 is 1.14 bits per heavy atom. The van der Waals surface area contributed by atoms with E-state index in [2.05, 4.69) is 48.6 Å². The third-order valence-corrected chi connectivity index (χ3v) is 5.94. The van der Waals surface area contributed by atoms with Crippen molar-refractivity contribution in [3.05, 3.63) is 59.7 Å². The first-order valence-electron chi connectivity index (χ1n) is 7.53. The van der Waals surface area contributed by atoms with Crippen LogP contribution in [0.3, 0.4) is 0 Å². The second-order valence-electron chi connectivity index (χ2n) is 6.67. The third kappa shape index (κ3) is 1.08. The Bertz CT molecular complexity index is 722. The molecule has 4 bridgehead atoms. The summed E-state index contributed by atoms with van der Waals surface area (Å²) in [5.41, 5.74) is 1.72. The first-order chi connectivity index (χ1) is 10.2. The van der Waals surface area contributed by atoms with E-state index < -0.39 is 5.41 Å². The van der Waals surface area contributed by atoms with Crippen molar-refractivity contribution in [3.8, 4) is 0 Å². The summed E-state index contributed by atoms with van der Waals surface area (Å²) in [7, 11) is 1.93. The van der Waals surface area contributed by atoms with Gasteiger partial charge in [-0.15, -0.1) is 0 Å². The van der Waals surface area contributed by atoms with Gasteiger partial charge < -0.3 is 9.64 Å². The number of likely N-dealkylation sites (N-methyl/N-ethyl adjacent to an activating group) is 1. The molecule has 4 atom stereocenters. The van der Waals surface area contributed by atoms with E-state index in [-0.39, 0.29) is 23.3 Å². The van der Waals surface area contributed by atoms with Crippen LogP contribution < -0.4 is 0 Å². The molecule has 1 saturated heterocycles. The first-order valence-corrected chi connectivity index (χ1v) is 7.53. The van der Waals surface area contributed by atoms with Crippen molar-refractivity contribution in [1.29, 1.82) is 0 Å². The number of amides is 1. The number of hydrogen-bond donors (Lipinski definition) is 0. The molecule has 7 aliphatic rings. The van der Waals surface area contributed by atoms with Crippen LogP contribution in [0.25, 0.3) is 0 Å². The highest BCUT2D eigenvalue weighted by Gasteiger charge is 2.64. The number of carbonyl (C=O) groups is 1. The Labute approximate surface area is 123 Å². The molecule has 3 aliphatic carbocycles. The van der Waals surface area contributed by atoms with Gasteiger partial charge in [-0.25, -0.2) is 0 Å². The maximum atomic E-state index is 13.1. The predicted octanol–water partition coefficient (Wildman–Crippen LogP) is 2.00. The molecule has 0 N–H and O–H groups in total. The molecule has 21 heavy (non-hydrogen) atoms. The summed E-state index contributed by atoms with van der Waals surface area (Å²) >= 11 is 0. The molecule has 4 heterocycles. The van der Waals surface area contributed by atoms with Gasteiger partial charge in [-0.05, 0) is 11.1 Å². The van der Waals surface area contributed by atoms with Gasteiger partial charge in [0.25, 0.3) is 0 Å². The summed E-state index contributed by atoms with van der Waals surface area (Å²) in [5, 5.41) is 0. The summed E-state index contributed by atoms with van der Waals surface area (Å²) in [4.78, 5) is 15.0. The number of nitrogens with zero attached hydrogens (tertiary/aromatic N) is 1. The van der Waals surface area contributed by atoms with Gasteiger partial charge in [-0.3, -0.25) is 4.79 Å². The molecule has 0 saturated carbocycles. The lowest BCUT2D eigenvalue weighted by Gasteiger charge is -2.53. The van der Waals surface area contributed by atoms with Crippen LogP contribution in [0, 0.1) is 5.41 Å². The fourth-order valence-electron chi connectivity index (χ4n) is 4.82. The lowest BCUT2D eigenvalue weighted by Crippen LogP contribution is -2.61. The van der Waals surface area contributed by atoms with Gasteiger partial charge in [0.05, 0.1) is 24.7 Å². The lowest BCUT2D eigenvalue weighted by atomic mass is 9.53. The molecule has 1 amide bonds. The van der Waals surface area contributed by atoms with E-state index in [4.69, 9.17) is 4.74 Å². The molecule has 3 heteroatoms. The molecular weight excluding hydrogens is 262 g/mol. The largest absolute Gasteiger partial charge is 0.379 e. The molecular formula is C18H17NO2. The van der Waals surface area contributed by atoms with Gasteiger partial charge >= 0.3 is 0 Å². The van der Waals surface area contributed by atoms with Gasteiger partial charge in [0.1, 0.15) is 5.41 Å². The molecule has 1 fully saturated rings. The van der Waals surface area contributed by atoms with E-state index in [1.54, 1.807) is 0 Å². The fourth-order valence-corrected chi connectivity index (χ4v) is 4.82. The lowest BCUT2D eigenvalue weighted by molar-refractivity contribution is -0.143. The quantitative estimate of drug-likeness (QED) is 0.680. The van der Waals surface area contributed by atoms with Gasteiger partial charge in [0.15, 0.2) is 0 Å². The predicted molar refractivity (Wildman–Crippen MR) is 79.0 cm³/mol. The smallest absolute Gasteiger partial charge is 0.236 e. The number of hydrogen-bond acceptors (Lipinski definition) is 2. The van der Waals surface area contributed by atoms with Gasteiger partial charge in [-0.1, -0.05) is 48.6 Å². The molecule has 8 rings (SSSR count). The topological polar surface area (TPSA) is 29.5 Å². The highest BCUT2D eigenvalue weighted by Crippen LogP contribution is 2.58. The molecule has 0 radical (unpaired) electrons. The average Bonchev–Trinajstić information content (AvgIpc) is 2.83. The molecule has 3 nitrogen and oxygen atoms in total. The second-order valence-corrected chi connectivity index (χ2v) is 6.67. The van der Waals surface area contributed by atoms with Crippen molar-refractivity contribution >= 4 is 5.91 Å². The fraction of sp³-hybridized carbons (Fsp3) is 0.389. The normalized spacial score (nSPS) is 42.0. The molecule has 0 aromatic heterocycles. The van der Waals surface area contributed by atoms with Crippen LogP contribution in [0.5, 0.6) is 0 Å². The van der Waals surface area contributed by atoms with E-state index in [9.17, 15) is 4.79 Å². The summed E-state index contributed by atoms with van der Waals surface area (Å²) < 4.78 is 5.87. The monoisotopic (exact) mass is 279 g/mol. The van der Waals surface area contributed by atoms with Crippen molar-refractivity contribution in [2.75, 3.05) is 20.3 Å². The second kappa shape index (κ2) is 3.47. The Morgan fingerprint density at radius 3 is 2.81 bits per heavy atom. The van der Waals surface area contributed by atoms with Gasteiger partial charge in [0.2, 0.25) is 5.91 Å². The van der Waals surface area contributed by atoms with Crippen molar-refractivity contribution in [3.63, 3.8) is 0 Å². The first kappa shape index (κ1) is 11.8. The van der Waals surface area contributed by atoms with Gasteiger partial charge in [-0.2, -0.15) is 0 Å². The molecule has 1 aromatic rings. The molecule has 1 aromatic carbocycles. The zero-order valence-corrected chi connectivity index (χ0v) is 12.0. The molecule has 106 valence electrons. The number of benzene rings is 1. The minimum absolute atomic E-state index is 0.111. The maximum Gasteiger partial charge on any atom is 0.236 e. The summed E-state index contributed by atoms with van der Waals surface area (Å²) in [6.07, 6.45) is 8.91. The molecule has 2 spiro atoms. The zero-order valence-electron chi connectivity index (χ0n) is 12.0. The van der Waals surface area contributed by atoms with Crippen LogP contribution in [0.1, 0.15) is 17.0 Å². The Kier molecular flexibility index (Phi) is 1.94. The molecule has 2 unspecified atom stereocenters. The standard InChI is InChI=1S/C18H17NO2/c1-19-15-7-9-18(16(19)20)11-21-10-17(18)8-6-13(15)12-4-2-3-5-14(12)17/h2-9,13,15H,10-11H2,1H3/t13-,15-,17?,18?/m1/s1. The summed E-state index contributed by atoms with van der Waals surface area (Å²) in [6, 6.07) is 8.69. The van der Waals surface area contributed by atoms with Crippen LogP contribution >= 0.6 is 0 Å². The third-order valence-electron chi connectivity index (χ3n) is 5.94. The van der Waals surface area contributed by atoms with Crippen LogP contribution in [0.2, 0.25) is 0 Å². The zero-order chi connectivity index (χ0) is 14.2. The number of rotatable bonds is 0.